The molecule has 0 bridgehead atoms. The van der Waals surface area contributed by atoms with Gasteiger partial charge in [-0.25, -0.2) is 0 Å². The van der Waals surface area contributed by atoms with E-state index < -0.39 is 0 Å². The summed E-state index contributed by atoms with van der Waals surface area (Å²) < 4.78 is 10.3. The number of phenols is 1. The largest absolute Gasteiger partial charge is 0.502 e. The lowest BCUT2D eigenvalue weighted by Crippen LogP contribution is -2.22. The van der Waals surface area contributed by atoms with E-state index in [9.17, 15) is 9.90 Å². The maximum atomic E-state index is 12.3. The molecule has 0 fully saturated rings. The van der Waals surface area contributed by atoms with Gasteiger partial charge >= 0.3 is 0 Å². The maximum Gasteiger partial charge on any atom is 0.282 e. The molecule has 7 nitrogen and oxygen atoms in total. The summed E-state index contributed by atoms with van der Waals surface area (Å²) in [7, 11) is 2.88. The van der Waals surface area contributed by atoms with Crippen LogP contribution in [0, 0.1) is 0 Å². The normalized spacial score (nSPS) is 11.2. The average Bonchev–Trinajstić information content (AvgIpc) is 3.24. The molecule has 1 aromatic heterocycles. The highest BCUT2D eigenvalue weighted by atomic mass is 35.5. The highest BCUT2D eigenvalue weighted by molar-refractivity contribution is 7.15. The molecule has 150 valence electrons. The van der Waals surface area contributed by atoms with Crippen LogP contribution in [-0.2, 0) is 6.54 Å². The van der Waals surface area contributed by atoms with E-state index in [2.05, 4.69) is 15.5 Å². The quantitative estimate of drug-likeness (QED) is 0.588. The third-order valence-electron chi connectivity index (χ3n) is 3.91. The highest BCUT2D eigenvalue weighted by Gasteiger charge is 2.15. The maximum absolute atomic E-state index is 12.3. The minimum absolute atomic E-state index is 0.100. The SMILES string of the molecule is COc1cc(/C=C(\Cl)c2nnc(C(=O)NCc3ccccc3)s2)cc(OC)c1O. The summed E-state index contributed by atoms with van der Waals surface area (Å²) in [6, 6.07) is 12.8. The molecular weight excluding hydrogens is 414 g/mol. The van der Waals surface area contributed by atoms with E-state index in [4.69, 9.17) is 21.1 Å². The molecule has 0 unspecified atom stereocenters. The van der Waals surface area contributed by atoms with Crippen LogP contribution in [0.1, 0.15) is 25.9 Å². The number of benzene rings is 2. The lowest BCUT2D eigenvalue weighted by atomic mass is 10.1. The van der Waals surface area contributed by atoms with Gasteiger partial charge in [0.05, 0.1) is 19.3 Å². The van der Waals surface area contributed by atoms with Crippen LogP contribution in [0.5, 0.6) is 17.2 Å². The molecule has 0 saturated carbocycles. The summed E-state index contributed by atoms with van der Waals surface area (Å²) in [6.45, 7) is 0.394. The number of carbonyl (C=O) groups is 1. The smallest absolute Gasteiger partial charge is 0.282 e. The van der Waals surface area contributed by atoms with Gasteiger partial charge in [0.1, 0.15) is 0 Å². The second-order valence-corrected chi connectivity index (χ2v) is 7.23. The molecule has 2 aromatic carbocycles. The number of aromatic hydroxyl groups is 1. The van der Waals surface area contributed by atoms with E-state index in [1.807, 2.05) is 30.3 Å². The number of methoxy groups -OCH3 is 2. The van der Waals surface area contributed by atoms with Gasteiger partial charge in [-0.05, 0) is 29.3 Å². The van der Waals surface area contributed by atoms with E-state index in [-0.39, 0.29) is 28.2 Å². The molecule has 1 amide bonds. The van der Waals surface area contributed by atoms with Crippen molar-refractivity contribution in [2.75, 3.05) is 14.2 Å². The number of nitrogens with zero attached hydrogens (tertiary/aromatic N) is 2. The van der Waals surface area contributed by atoms with Crippen LogP contribution < -0.4 is 14.8 Å². The average molecular weight is 432 g/mol. The van der Waals surface area contributed by atoms with E-state index in [0.29, 0.717) is 22.1 Å². The van der Waals surface area contributed by atoms with Crippen molar-refractivity contribution in [3.63, 3.8) is 0 Å². The number of phenolic OH excluding ortho intramolecular Hbond substituents is 1. The number of aromatic nitrogens is 2. The standard InChI is InChI=1S/C20H18ClN3O4S/c1-27-15-9-13(10-16(28-2)17(15)25)8-14(21)19-23-24-20(29-19)18(26)22-11-12-6-4-3-5-7-12/h3-10,25H,11H2,1-2H3,(H,22,26)/b14-8-. The number of ether oxygens (including phenoxy) is 2. The molecular formula is C20H18ClN3O4S. The van der Waals surface area contributed by atoms with Crippen LogP contribution in [-0.4, -0.2) is 35.4 Å². The molecule has 0 saturated heterocycles. The van der Waals surface area contributed by atoms with Crippen molar-refractivity contribution in [2.45, 2.75) is 6.54 Å². The minimum atomic E-state index is -0.324. The monoisotopic (exact) mass is 431 g/mol. The fraction of sp³-hybridized carbons (Fsp3) is 0.150. The van der Waals surface area contributed by atoms with Gasteiger partial charge in [-0.2, -0.15) is 0 Å². The number of halogens is 1. The summed E-state index contributed by atoms with van der Waals surface area (Å²) >= 11 is 7.44. The number of hydrogen-bond donors (Lipinski definition) is 2. The molecule has 0 aliphatic heterocycles. The highest BCUT2D eigenvalue weighted by Crippen LogP contribution is 2.38. The molecule has 1 heterocycles. The third kappa shape index (κ3) is 5.04. The molecule has 2 N–H and O–H groups in total. The van der Waals surface area contributed by atoms with Crippen LogP contribution in [0.4, 0.5) is 0 Å². The Bertz CT molecular complexity index is 1010. The fourth-order valence-electron chi connectivity index (χ4n) is 2.47. The topological polar surface area (TPSA) is 93.6 Å². The summed E-state index contributed by atoms with van der Waals surface area (Å²) in [4.78, 5) is 12.3. The first kappa shape index (κ1) is 20.6. The van der Waals surface area contributed by atoms with Gasteiger partial charge in [0.2, 0.25) is 10.8 Å². The third-order valence-corrected chi connectivity index (χ3v) is 5.27. The number of rotatable bonds is 7. The first-order chi connectivity index (χ1) is 14.0. The Balaban J connectivity index is 1.75. The van der Waals surface area contributed by atoms with Crippen LogP contribution in [0.25, 0.3) is 11.1 Å². The zero-order valence-corrected chi connectivity index (χ0v) is 17.3. The van der Waals surface area contributed by atoms with Crippen LogP contribution in [0.3, 0.4) is 0 Å². The van der Waals surface area contributed by atoms with Gasteiger partial charge in [-0.1, -0.05) is 53.3 Å². The number of nitrogens with one attached hydrogen (secondary N) is 1. The van der Waals surface area contributed by atoms with E-state index >= 15 is 0 Å². The minimum Gasteiger partial charge on any atom is -0.502 e. The molecule has 0 radical (unpaired) electrons. The van der Waals surface area contributed by atoms with Crippen molar-refractivity contribution in [3.8, 4) is 17.2 Å². The van der Waals surface area contributed by atoms with Crippen molar-refractivity contribution in [1.82, 2.24) is 15.5 Å². The predicted molar refractivity (Wildman–Crippen MR) is 112 cm³/mol. The molecule has 29 heavy (non-hydrogen) atoms. The fourth-order valence-corrected chi connectivity index (χ4v) is 3.42. The van der Waals surface area contributed by atoms with Crippen molar-refractivity contribution < 1.29 is 19.4 Å². The second-order valence-electron chi connectivity index (χ2n) is 5.85. The van der Waals surface area contributed by atoms with Gasteiger partial charge in [0.15, 0.2) is 16.5 Å². The Labute approximate surface area is 176 Å². The number of amides is 1. The van der Waals surface area contributed by atoms with Crippen LogP contribution in [0.15, 0.2) is 42.5 Å². The van der Waals surface area contributed by atoms with Crippen LogP contribution >= 0.6 is 22.9 Å². The Morgan fingerprint density at radius 2 is 1.76 bits per heavy atom. The first-order valence-corrected chi connectivity index (χ1v) is 9.69. The molecule has 0 aliphatic carbocycles. The van der Waals surface area contributed by atoms with Gasteiger partial charge in [0, 0.05) is 6.54 Å². The van der Waals surface area contributed by atoms with Gasteiger partial charge < -0.3 is 19.9 Å². The summed E-state index contributed by atoms with van der Waals surface area (Å²) in [5.41, 5.74) is 1.62. The Morgan fingerprint density at radius 3 is 2.38 bits per heavy atom. The molecule has 3 rings (SSSR count). The lowest BCUT2D eigenvalue weighted by molar-refractivity contribution is 0.0950. The van der Waals surface area contributed by atoms with Gasteiger partial charge in [-0.15, -0.1) is 10.2 Å². The van der Waals surface area contributed by atoms with E-state index in [0.717, 1.165) is 16.9 Å². The number of carbonyl (C=O) groups excluding carboxylic acids is 1. The van der Waals surface area contributed by atoms with E-state index in [1.54, 1.807) is 18.2 Å². The second kappa shape index (κ2) is 9.40. The van der Waals surface area contributed by atoms with Crippen LogP contribution in [0.2, 0.25) is 0 Å². The molecule has 0 atom stereocenters. The molecule has 0 spiro atoms. The van der Waals surface area contributed by atoms with Gasteiger partial charge in [0.25, 0.3) is 5.91 Å². The molecule has 3 aromatic rings. The molecule has 9 heteroatoms. The van der Waals surface area contributed by atoms with Crippen molar-refractivity contribution in [1.29, 1.82) is 0 Å². The number of hydrogen-bond acceptors (Lipinski definition) is 7. The van der Waals surface area contributed by atoms with Crippen molar-refractivity contribution >= 4 is 40.0 Å². The Kier molecular flexibility index (Phi) is 6.69. The summed E-state index contributed by atoms with van der Waals surface area (Å²) in [5.74, 6) is 0.0724. The summed E-state index contributed by atoms with van der Waals surface area (Å²) in [6.07, 6.45) is 1.62. The van der Waals surface area contributed by atoms with E-state index in [1.165, 1.54) is 14.2 Å². The summed E-state index contributed by atoms with van der Waals surface area (Å²) in [5, 5.41) is 21.6. The zero-order valence-electron chi connectivity index (χ0n) is 15.7. The first-order valence-electron chi connectivity index (χ1n) is 8.50. The zero-order chi connectivity index (χ0) is 20.8. The molecule has 0 aliphatic rings. The van der Waals surface area contributed by atoms with Crippen molar-refractivity contribution in [3.05, 3.63) is 63.6 Å². The van der Waals surface area contributed by atoms with Crippen molar-refractivity contribution in [2.24, 2.45) is 0 Å². The lowest BCUT2D eigenvalue weighted by Gasteiger charge is -2.09. The predicted octanol–water partition coefficient (Wildman–Crippen LogP) is 3.93. The Hall–Kier alpha value is -3.10. The Morgan fingerprint density at radius 1 is 1.14 bits per heavy atom. The van der Waals surface area contributed by atoms with Gasteiger partial charge in [-0.3, -0.25) is 4.79 Å².